The number of thioether (sulfide) groups is 1. The largest absolute Gasteiger partial charge is 0.486 e. The standard InChI is InChI=1S/C26H25N5O2S/c1-17-8-12-19(13-9-17)23-24(25(32)27-20-14-10-18(2)11-15-20)34-26-29-28-22(31(26)30-23)16-33-21-6-4-3-5-7-21/h3-15,23-24,30H,16H2,1-2H3,(H,27,32)/t23-,24+/m1/s1. The minimum absolute atomic E-state index is 0.0942. The molecule has 0 saturated heterocycles. The number of fused-ring (bicyclic) bond motifs is 1. The number of hydrogen-bond donors (Lipinski definition) is 2. The van der Waals surface area contributed by atoms with Crippen LogP contribution in [0.1, 0.15) is 28.6 Å². The molecule has 34 heavy (non-hydrogen) atoms. The quantitative estimate of drug-likeness (QED) is 0.418. The molecule has 7 nitrogen and oxygen atoms in total. The van der Waals surface area contributed by atoms with E-state index in [0.29, 0.717) is 11.0 Å². The van der Waals surface area contributed by atoms with Gasteiger partial charge in [0.25, 0.3) is 0 Å². The molecule has 0 spiro atoms. The zero-order valence-corrected chi connectivity index (χ0v) is 19.8. The third kappa shape index (κ3) is 4.77. The summed E-state index contributed by atoms with van der Waals surface area (Å²) >= 11 is 1.40. The summed E-state index contributed by atoms with van der Waals surface area (Å²) in [7, 11) is 0. The zero-order chi connectivity index (χ0) is 23.5. The van der Waals surface area contributed by atoms with E-state index < -0.39 is 5.25 Å². The molecule has 4 aromatic rings. The fraction of sp³-hybridized carbons (Fsp3) is 0.192. The molecule has 0 radical (unpaired) electrons. The molecule has 1 aliphatic rings. The summed E-state index contributed by atoms with van der Waals surface area (Å²) in [4.78, 5) is 13.4. The normalized spacial score (nSPS) is 16.9. The van der Waals surface area contributed by atoms with Crippen molar-refractivity contribution < 1.29 is 9.53 Å². The molecule has 5 rings (SSSR count). The maximum absolute atomic E-state index is 13.4. The van der Waals surface area contributed by atoms with Gasteiger partial charge in [-0.15, -0.1) is 10.2 Å². The van der Waals surface area contributed by atoms with Gasteiger partial charge in [-0.25, -0.2) is 4.68 Å². The van der Waals surface area contributed by atoms with Gasteiger partial charge >= 0.3 is 0 Å². The van der Waals surface area contributed by atoms with E-state index in [-0.39, 0.29) is 18.6 Å². The predicted octanol–water partition coefficient (Wildman–Crippen LogP) is 4.87. The first-order valence-electron chi connectivity index (χ1n) is 11.1. The number of para-hydroxylation sites is 1. The summed E-state index contributed by atoms with van der Waals surface area (Å²) < 4.78 is 7.71. The molecular weight excluding hydrogens is 446 g/mol. The molecular formula is C26H25N5O2S. The maximum atomic E-state index is 13.4. The Kier molecular flexibility index (Phi) is 6.22. The van der Waals surface area contributed by atoms with Gasteiger partial charge in [-0.05, 0) is 43.7 Å². The van der Waals surface area contributed by atoms with Gasteiger partial charge in [0.05, 0.1) is 6.04 Å². The second-order valence-electron chi connectivity index (χ2n) is 8.25. The van der Waals surface area contributed by atoms with Crippen LogP contribution in [0.3, 0.4) is 0 Å². The van der Waals surface area contributed by atoms with Gasteiger partial charge in [0.1, 0.15) is 17.6 Å². The van der Waals surface area contributed by atoms with Crippen LogP contribution in [-0.4, -0.2) is 26.0 Å². The van der Waals surface area contributed by atoms with Gasteiger partial charge in [-0.3, -0.25) is 4.79 Å². The SMILES string of the molecule is Cc1ccc(NC(=O)[C@H]2Sc3nnc(COc4ccccc4)n3N[C@@H]2c2ccc(C)cc2)cc1. The number of anilines is 1. The van der Waals surface area contributed by atoms with Crippen molar-refractivity contribution in [3.63, 3.8) is 0 Å². The minimum Gasteiger partial charge on any atom is -0.486 e. The van der Waals surface area contributed by atoms with Crippen LogP contribution in [0, 0.1) is 13.8 Å². The molecule has 1 amide bonds. The van der Waals surface area contributed by atoms with E-state index in [1.54, 1.807) is 0 Å². The number of amides is 1. The highest BCUT2D eigenvalue weighted by molar-refractivity contribution is 8.00. The summed E-state index contributed by atoms with van der Waals surface area (Å²) in [6.45, 7) is 4.32. The Bertz CT molecular complexity index is 1270. The van der Waals surface area contributed by atoms with Gasteiger partial charge < -0.3 is 15.5 Å². The van der Waals surface area contributed by atoms with Crippen LogP contribution >= 0.6 is 11.8 Å². The first-order chi connectivity index (χ1) is 16.6. The molecule has 0 bridgehead atoms. The van der Waals surface area contributed by atoms with Crippen molar-refractivity contribution in [1.82, 2.24) is 14.9 Å². The summed E-state index contributed by atoms with van der Waals surface area (Å²) in [5.74, 6) is 1.30. The monoisotopic (exact) mass is 471 g/mol. The molecule has 1 aliphatic heterocycles. The average molecular weight is 472 g/mol. The molecule has 0 unspecified atom stereocenters. The van der Waals surface area contributed by atoms with Gasteiger partial charge in [-0.2, -0.15) is 0 Å². The highest BCUT2D eigenvalue weighted by atomic mass is 32.2. The number of nitrogens with zero attached hydrogens (tertiary/aromatic N) is 3. The number of benzene rings is 3. The summed E-state index contributed by atoms with van der Waals surface area (Å²) in [5.41, 5.74) is 7.55. The molecule has 2 N–H and O–H groups in total. The van der Waals surface area contributed by atoms with Gasteiger partial charge in [0.2, 0.25) is 11.1 Å². The van der Waals surface area contributed by atoms with E-state index in [1.807, 2.05) is 73.1 Å². The van der Waals surface area contributed by atoms with Crippen molar-refractivity contribution in [1.29, 1.82) is 0 Å². The van der Waals surface area contributed by atoms with Crippen LogP contribution < -0.4 is 15.5 Å². The highest BCUT2D eigenvalue weighted by Gasteiger charge is 2.38. The Morgan fingerprint density at radius 1 is 0.971 bits per heavy atom. The number of rotatable bonds is 6. The van der Waals surface area contributed by atoms with E-state index in [0.717, 1.165) is 28.1 Å². The Morgan fingerprint density at radius 3 is 2.35 bits per heavy atom. The minimum atomic E-state index is -0.441. The molecule has 2 atom stereocenters. The Morgan fingerprint density at radius 2 is 1.65 bits per heavy atom. The van der Waals surface area contributed by atoms with Crippen molar-refractivity contribution in [2.75, 3.05) is 10.7 Å². The number of aromatic nitrogens is 3. The number of hydrogen-bond acceptors (Lipinski definition) is 6. The van der Waals surface area contributed by atoms with E-state index in [4.69, 9.17) is 4.74 Å². The first-order valence-corrected chi connectivity index (χ1v) is 11.9. The van der Waals surface area contributed by atoms with Crippen molar-refractivity contribution in [2.45, 2.75) is 36.9 Å². The van der Waals surface area contributed by atoms with E-state index in [1.165, 1.54) is 11.8 Å². The van der Waals surface area contributed by atoms with Crippen molar-refractivity contribution in [3.8, 4) is 5.75 Å². The van der Waals surface area contributed by atoms with E-state index >= 15 is 0 Å². The maximum Gasteiger partial charge on any atom is 0.240 e. The van der Waals surface area contributed by atoms with Gasteiger partial charge in [0.15, 0.2) is 5.82 Å². The van der Waals surface area contributed by atoms with E-state index in [2.05, 4.69) is 45.2 Å². The van der Waals surface area contributed by atoms with Crippen LogP contribution in [-0.2, 0) is 11.4 Å². The summed E-state index contributed by atoms with van der Waals surface area (Å²) in [6, 6.07) is 25.3. The number of ether oxygens (including phenoxy) is 1. The molecule has 2 heterocycles. The molecule has 0 fully saturated rings. The number of carbonyl (C=O) groups is 1. The highest BCUT2D eigenvalue weighted by Crippen LogP contribution is 2.37. The van der Waals surface area contributed by atoms with Gasteiger partial charge in [0, 0.05) is 5.69 Å². The van der Waals surface area contributed by atoms with Crippen molar-refractivity contribution >= 4 is 23.4 Å². The van der Waals surface area contributed by atoms with E-state index in [9.17, 15) is 4.79 Å². The number of nitrogens with one attached hydrogen (secondary N) is 2. The lowest BCUT2D eigenvalue weighted by Gasteiger charge is -2.33. The lowest BCUT2D eigenvalue weighted by atomic mass is 10.0. The van der Waals surface area contributed by atoms with Crippen LogP contribution in [0.2, 0.25) is 0 Å². The fourth-order valence-corrected chi connectivity index (χ4v) is 4.83. The summed E-state index contributed by atoms with van der Waals surface area (Å²) in [5, 5.41) is 11.9. The predicted molar refractivity (Wildman–Crippen MR) is 134 cm³/mol. The van der Waals surface area contributed by atoms with Crippen LogP contribution in [0.25, 0.3) is 0 Å². The third-order valence-corrected chi connectivity index (χ3v) is 6.84. The van der Waals surface area contributed by atoms with Crippen LogP contribution in [0.15, 0.2) is 84.0 Å². The molecule has 0 saturated carbocycles. The van der Waals surface area contributed by atoms with Crippen molar-refractivity contribution in [2.24, 2.45) is 0 Å². The van der Waals surface area contributed by atoms with Crippen LogP contribution in [0.5, 0.6) is 5.75 Å². The van der Waals surface area contributed by atoms with Crippen LogP contribution in [0.4, 0.5) is 5.69 Å². The number of aryl methyl sites for hydroxylation is 2. The Balaban J connectivity index is 1.41. The lowest BCUT2D eigenvalue weighted by molar-refractivity contribution is -0.116. The second kappa shape index (κ2) is 9.61. The topological polar surface area (TPSA) is 81.1 Å². The molecule has 8 heteroatoms. The third-order valence-electron chi connectivity index (χ3n) is 5.63. The molecule has 1 aromatic heterocycles. The Labute approximate surface area is 202 Å². The Hall–Kier alpha value is -3.78. The molecule has 172 valence electrons. The fourth-order valence-electron chi connectivity index (χ4n) is 3.73. The smallest absolute Gasteiger partial charge is 0.240 e. The lowest BCUT2D eigenvalue weighted by Crippen LogP contribution is -2.41. The first kappa shape index (κ1) is 22.0. The number of carbonyl (C=O) groups excluding carboxylic acids is 1. The van der Waals surface area contributed by atoms with Gasteiger partial charge in [-0.1, -0.05) is 77.5 Å². The van der Waals surface area contributed by atoms with Crippen molar-refractivity contribution in [3.05, 3.63) is 101 Å². The second-order valence-corrected chi connectivity index (χ2v) is 9.36. The molecule has 0 aliphatic carbocycles. The summed E-state index contributed by atoms with van der Waals surface area (Å²) in [6.07, 6.45) is 0. The average Bonchev–Trinajstić information content (AvgIpc) is 3.26. The zero-order valence-electron chi connectivity index (χ0n) is 18.9. The molecule has 3 aromatic carbocycles.